The van der Waals surface area contributed by atoms with Crippen LogP contribution in [0.25, 0.3) is 0 Å². The number of aromatic nitrogens is 2. The number of aryl methyl sites for hydroxylation is 2. The smallest absolute Gasteiger partial charge is 0.437 e. The zero-order valence-electron chi connectivity index (χ0n) is 17.8. The minimum atomic E-state index is -1.29. The van der Waals surface area contributed by atoms with Crippen molar-refractivity contribution in [2.24, 2.45) is 0 Å². The van der Waals surface area contributed by atoms with E-state index in [1.165, 1.54) is 18.5 Å². The average Bonchev–Trinajstić information content (AvgIpc) is 3.08. The molecule has 0 aliphatic carbocycles. The molecule has 8 nitrogen and oxygen atoms in total. The molecule has 3 aromatic rings. The highest BCUT2D eigenvalue weighted by Gasteiger charge is 2.29. The van der Waals surface area contributed by atoms with Crippen molar-refractivity contribution in [1.82, 2.24) is 9.78 Å². The molecule has 0 aliphatic rings. The minimum Gasteiger partial charge on any atom is -0.497 e. The van der Waals surface area contributed by atoms with E-state index >= 15 is 0 Å². The van der Waals surface area contributed by atoms with Gasteiger partial charge in [-0.3, -0.25) is 0 Å². The molecule has 0 saturated heterocycles. The van der Waals surface area contributed by atoms with Gasteiger partial charge in [-0.15, -0.1) is 5.10 Å². The van der Waals surface area contributed by atoms with E-state index in [-0.39, 0.29) is 0 Å². The Morgan fingerprint density at radius 3 is 2.52 bits per heavy atom. The molecule has 8 heteroatoms. The van der Waals surface area contributed by atoms with Gasteiger partial charge in [-0.2, -0.15) is 4.68 Å². The van der Waals surface area contributed by atoms with Gasteiger partial charge >= 0.3 is 11.7 Å². The highest BCUT2D eigenvalue weighted by molar-refractivity contribution is 5.76. The average molecular weight is 426 g/mol. The van der Waals surface area contributed by atoms with Crippen LogP contribution in [-0.4, -0.2) is 33.6 Å². The molecule has 0 spiro atoms. The number of aliphatic carboxylic acids is 1. The molecule has 31 heavy (non-hydrogen) atoms. The third kappa shape index (κ3) is 5.97. The summed E-state index contributed by atoms with van der Waals surface area (Å²) in [5, 5.41) is 13.4. The SMILES string of the molecule is COc1cccc(Cn2nc(CCCc3ccc(OC(C)(C)C(=O)O)cc3)oc2=O)c1. The zero-order chi connectivity index (χ0) is 22.4. The van der Waals surface area contributed by atoms with E-state index < -0.39 is 17.3 Å². The normalized spacial score (nSPS) is 11.3. The summed E-state index contributed by atoms with van der Waals surface area (Å²) in [6.45, 7) is 3.32. The summed E-state index contributed by atoms with van der Waals surface area (Å²) < 4.78 is 17.3. The standard InChI is InChI=1S/C23H26N2O6/c1-23(2,21(26)27)31-18-12-10-16(11-13-18)6-5-9-20-24-25(22(28)30-20)15-17-7-4-8-19(14-17)29-3/h4,7-8,10-14H,5-6,9,15H2,1-3H3,(H,26,27). The van der Waals surface area contributed by atoms with Gasteiger partial charge in [-0.25, -0.2) is 9.59 Å². The van der Waals surface area contributed by atoms with Crippen LogP contribution in [0.5, 0.6) is 11.5 Å². The third-order valence-electron chi connectivity index (χ3n) is 4.78. The summed E-state index contributed by atoms with van der Waals surface area (Å²) in [5.74, 6) is 0.107. The first-order chi connectivity index (χ1) is 14.8. The van der Waals surface area contributed by atoms with E-state index in [0.29, 0.717) is 24.6 Å². The number of carbonyl (C=O) groups is 1. The summed E-state index contributed by atoms with van der Waals surface area (Å²) in [5.41, 5.74) is 0.677. The fourth-order valence-electron chi connectivity index (χ4n) is 3.00. The maximum absolute atomic E-state index is 12.1. The number of rotatable bonds is 10. The molecule has 0 radical (unpaired) electrons. The Hall–Kier alpha value is -3.55. The van der Waals surface area contributed by atoms with Crippen molar-refractivity contribution in [3.8, 4) is 11.5 Å². The number of nitrogens with zero attached hydrogens (tertiary/aromatic N) is 2. The largest absolute Gasteiger partial charge is 0.497 e. The lowest BCUT2D eigenvalue weighted by Crippen LogP contribution is -2.37. The molecule has 1 heterocycles. The van der Waals surface area contributed by atoms with Crippen LogP contribution in [0.3, 0.4) is 0 Å². The number of hydrogen-bond donors (Lipinski definition) is 1. The van der Waals surface area contributed by atoms with Crippen molar-refractivity contribution < 1.29 is 23.8 Å². The lowest BCUT2D eigenvalue weighted by Gasteiger charge is -2.21. The van der Waals surface area contributed by atoms with E-state index in [9.17, 15) is 9.59 Å². The Labute approximate surface area is 180 Å². The Morgan fingerprint density at radius 2 is 1.84 bits per heavy atom. The number of carboxylic acids is 1. The summed E-state index contributed by atoms with van der Waals surface area (Å²) in [7, 11) is 1.59. The van der Waals surface area contributed by atoms with Crippen LogP contribution < -0.4 is 15.2 Å². The third-order valence-corrected chi connectivity index (χ3v) is 4.78. The van der Waals surface area contributed by atoms with Gasteiger partial charge in [0, 0.05) is 6.42 Å². The molecule has 164 valence electrons. The van der Waals surface area contributed by atoms with E-state index in [0.717, 1.165) is 29.7 Å². The molecular formula is C23H26N2O6. The van der Waals surface area contributed by atoms with Crippen LogP contribution in [-0.2, 0) is 24.2 Å². The maximum atomic E-state index is 12.1. The Balaban J connectivity index is 1.53. The molecule has 2 aromatic carbocycles. The number of methoxy groups -OCH3 is 1. The highest BCUT2D eigenvalue weighted by atomic mass is 16.5. The zero-order valence-corrected chi connectivity index (χ0v) is 17.8. The van der Waals surface area contributed by atoms with Crippen LogP contribution >= 0.6 is 0 Å². The van der Waals surface area contributed by atoms with Gasteiger partial charge in [0.25, 0.3) is 0 Å². The van der Waals surface area contributed by atoms with E-state index in [2.05, 4.69) is 5.10 Å². The first-order valence-corrected chi connectivity index (χ1v) is 9.98. The lowest BCUT2D eigenvalue weighted by atomic mass is 10.1. The monoisotopic (exact) mass is 426 g/mol. The second-order valence-electron chi connectivity index (χ2n) is 7.69. The molecule has 0 bridgehead atoms. The van der Waals surface area contributed by atoms with Crippen molar-refractivity contribution in [2.75, 3.05) is 7.11 Å². The molecule has 0 unspecified atom stereocenters. The van der Waals surface area contributed by atoms with E-state index in [1.54, 1.807) is 19.2 Å². The van der Waals surface area contributed by atoms with Gasteiger partial charge < -0.3 is 19.0 Å². The van der Waals surface area contributed by atoms with E-state index in [1.807, 2.05) is 36.4 Å². The Bertz CT molecular complexity index is 1080. The molecule has 0 atom stereocenters. The summed E-state index contributed by atoms with van der Waals surface area (Å²) >= 11 is 0. The van der Waals surface area contributed by atoms with Crippen LogP contribution in [0.15, 0.2) is 57.7 Å². The molecule has 3 rings (SSSR count). The van der Waals surface area contributed by atoms with Gasteiger partial charge in [0.15, 0.2) is 5.60 Å². The van der Waals surface area contributed by atoms with Gasteiger partial charge in [-0.1, -0.05) is 24.3 Å². The van der Waals surface area contributed by atoms with Gasteiger partial charge in [0.2, 0.25) is 5.89 Å². The molecule has 0 saturated carbocycles. The first-order valence-electron chi connectivity index (χ1n) is 9.98. The molecule has 1 N–H and O–H groups in total. The fourth-order valence-corrected chi connectivity index (χ4v) is 3.00. The topological polar surface area (TPSA) is 104 Å². The van der Waals surface area contributed by atoms with Crippen molar-refractivity contribution >= 4 is 5.97 Å². The Morgan fingerprint density at radius 1 is 1.10 bits per heavy atom. The molecule has 0 fully saturated rings. The van der Waals surface area contributed by atoms with Gasteiger partial charge in [0.1, 0.15) is 11.5 Å². The van der Waals surface area contributed by atoms with Gasteiger partial charge in [-0.05, 0) is 62.1 Å². The van der Waals surface area contributed by atoms with Crippen molar-refractivity contribution in [3.05, 3.63) is 76.1 Å². The predicted molar refractivity (Wildman–Crippen MR) is 114 cm³/mol. The fraction of sp³-hybridized carbons (Fsp3) is 0.348. The van der Waals surface area contributed by atoms with Crippen LogP contribution in [0.1, 0.15) is 37.3 Å². The van der Waals surface area contributed by atoms with Gasteiger partial charge in [0.05, 0.1) is 13.7 Å². The lowest BCUT2D eigenvalue weighted by molar-refractivity contribution is -0.152. The highest BCUT2D eigenvalue weighted by Crippen LogP contribution is 2.20. The quantitative estimate of drug-likeness (QED) is 0.530. The summed E-state index contributed by atoms with van der Waals surface area (Å²) in [6.07, 6.45) is 2.04. The summed E-state index contributed by atoms with van der Waals surface area (Å²) in [6, 6.07) is 14.7. The van der Waals surface area contributed by atoms with Crippen molar-refractivity contribution in [2.45, 2.75) is 45.3 Å². The second kappa shape index (κ2) is 9.51. The van der Waals surface area contributed by atoms with Crippen LogP contribution in [0, 0.1) is 0 Å². The predicted octanol–water partition coefficient (Wildman–Crippen LogP) is 3.31. The minimum absolute atomic E-state index is 0.313. The van der Waals surface area contributed by atoms with Crippen LogP contribution in [0.4, 0.5) is 0 Å². The Kier molecular flexibility index (Phi) is 6.79. The van der Waals surface area contributed by atoms with Crippen molar-refractivity contribution in [3.63, 3.8) is 0 Å². The molecular weight excluding hydrogens is 400 g/mol. The summed E-state index contributed by atoms with van der Waals surface area (Å²) in [4.78, 5) is 23.2. The molecule has 0 aliphatic heterocycles. The van der Waals surface area contributed by atoms with Crippen molar-refractivity contribution in [1.29, 1.82) is 0 Å². The number of ether oxygens (including phenoxy) is 2. The second-order valence-corrected chi connectivity index (χ2v) is 7.69. The molecule has 0 amide bonds. The molecule has 1 aromatic heterocycles. The van der Waals surface area contributed by atoms with Crippen LogP contribution in [0.2, 0.25) is 0 Å². The van der Waals surface area contributed by atoms with E-state index in [4.69, 9.17) is 19.0 Å². The maximum Gasteiger partial charge on any atom is 0.437 e. The number of carboxylic acid groups (broad SMARTS) is 1. The first kappa shape index (κ1) is 22.1. The number of hydrogen-bond acceptors (Lipinski definition) is 6. The number of benzene rings is 2.